The Hall–Kier alpha value is -3.34. The third kappa shape index (κ3) is 5.09. The number of aromatic amines is 1. The molecule has 0 spiro atoms. The highest BCUT2D eigenvalue weighted by atomic mass is 32.2. The lowest BCUT2D eigenvalue weighted by molar-refractivity contribution is -0.125. The Kier molecular flexibility index (Phi) is 6.92. The van der Waals surface area contributed by atoms with Crippen LogP contribution in [0.4, 0.5) is 11.5 Å². The van der Waals surface area contributed by atoms with Gasteiger partial charge >= 0.3 is 0 Å². The van der Waals surface area contributed by atoms with Gasteiger partial charge in [0.25, 0.3) is 0 Å². The van der Waals surface area contributed by atoms with Crippen molar-refractivity contribution >= 4 is 38.3 Å². The summed E-state index contributed by atoms with van der Waals surface area (Å²) in [5.41, 5.74) is 3.48. The third-order valence-corrected chi connectivity index (χ3v) is 7.02. The van der Waals surface area contributed by atoms with E-state index in [2.05, 4.69) is 25.6 Å². The van der Waals surface area contributed by atoms with Crippen LogP contribution < -0.4 is 20.1 Å². The predicted molar refractivity (Wildman–Crippen MR) is 130 cm³/mol. The first kappa shape index (κ1) is 23.8. The van der Waals surface area contributed by atoms with Crippen LogP contribution in [0.5, 0.6) is 11.5 Å². The van der Waals surface area contributed by atoms with E-state index in [0.717, 1.165) is 23.1 Å². The molecule has 1 aliphatic carbocycles. The van der Waals surface area contributed by atoms with Crippen LogP contribution >= 0.6 is 0 Å². The van der Waals surface area contributed by atoms with E-state index in [1.807, 2.05) is 18.2 Å². The Morgan fingerprint density at radius 1 is 1.24 bits per heavy atom. The van der Waals surface area contributed by atoms with Crippen molar-refractivity contribution < 1.29 is 22.7 Å². The molecule has 2 heterocycles. The average Bonchev–Trinajstić information content (AvgIpc) is 3.19. The number of aryl methyl sites for hydroxylation is 1. The zero-order valence-electron chi connectivity index (χ0n) is 19.5. The minimum absolute atomic E-state index is 0.0602. The van der Waals surface area contributed by atoms with Gasteiger partial charge in [0, 0.05) is 24.4 Å². The van der Waals surface area contributed by atoms with Gasteiger partial charge < -0.3 is 25.1 Å². The summed E-state index contributed by atoms with van der Waals surface area (Å²) in [6, 6.07) is 5.55. The number of hydrogen-bond donors (Lipinski definition) is 3. The minimum atomic E-state index is -3.04. The second-order valence-electron chi connectivity index (χ2n) is 8.41. The van der Waals surface area contributed by atoms with Gasteiger partial charge in [-0.25, -0.2) is 18.4 Å². The van der Waals surface area contributed by atoms with E-state index < -0.39 is 9.84 Å². The Morgan fingerprint density at radius 3 is 2.79 bits per heavy atom. The third-order valence-electron chi connectivity index (χ3n) is 5.99. The summed E-state index contributed by atoms with van der Waals surface area (Å²) in [6.07, 6.45) is 5.06. The first-order valence-corrected chi connectivity index (χ1v) is 13.1. The number of rotatable bonds is 9. The van der Waals surface area contributed by atoms with Gasteiger partial charge in [-0.2, -0.15) is 0 Å². The van der Waals surface area contributed by atoms with Crippen LogP contribution in [0.1, 0.15) is 24.1 Å². The monoisotopic (exact) mass is 487 g/mol. The molecule has 0 fully saturated rings. The number of para-hydroxylation sites is 1. The van der Waals surface area contributed by atoms with Crippen molar-refractivity contribution in [1.29, 1.82) is 0 Å². The van der Waals surface area contributed by atoms with Crippen molar-refractivity contribution in [2.24, 2.45) is 5.92 Å². The highest BCUT2D eigenvalue weighted by Gasteiger charge is 2.29. The number of ether oxygens (including phenoxy) is 2. The van der Waals surface area contributed by atoms with Gasteiger partial charge in [-0.05, 0) is 43.4 Å². The number of carbonyl (C=O) groups is 1. The smallest absolute Gasteiger partial charge is 0.223 e. The maximum Gasteiger partial charge on any atom is 0.223 e. The Labute approximate surface area is 198 Å². The number of benzene rings is 1. The molecule has 1 amide bonds. The van der Waals surface area contributed by atoms with Gasteiger partial charge in [-0.1, -0.05) is 6.07 Å². The van der Waals surface area contributed by atoms with E-state index in [9.17, 15) is 13.2 Å². The SMILES string of the molecule is COc1cccc(Nc2ncnc3[nH]c4c(c23)CC(C(=O)NCCCS(C)(=O)=O)CC4)c1OC. The van der Waals surface area contributed by atoms with Crippen LogP contribution in [0.15, 0.2) is 24.5 Å². The van der Waals surface area contributed by atoms with Crippen LogP contribution in [0.25, 0.3) is 11.0 Å². The van der Waals surface area contributed by atoms with E-state index in [0.29, 0.717) is 54.5 Å². The van der Waals surface area contributed by atoms with E-state index in [1.54, 1.807) is 14.2 Å². The summed E-state index contributed by atoms with van der Waals surface area (Å²) in [6.45, 7) is 0.342. The van der Waals surface area contributed by atoms with E-state index in [-0.39, 0.29) is 17.6 Å². The maximum atomic E-state index is 12.8. The fourth-order valence-electron chi connectivity index (χ4n) is 4.36. The average molecular weight is 488 g/mol. The zero-order chi connectivity index (χ0) is 24.3. The number of methoxy groups -OCH3 is 2. The number of carbonyl (C=O) groups excluding carboxylic acids is 1. The second kappa shape index (κ2) is 9.88. The molecule has 0 bridgehead atoms. The van der Waals surface area contributed by atoms with Gasteiger partial charge in [-0.3, -0.25) is 4.79 Å². The molecule has 3 N–H and O–H groups in total. The van der Waals surface area contributed by atoms with Crippen molar-refractivity contribution in [3.63, 3.8) is 0 Å². The van der Waals surface area contributed by atoms with Crippen LogP contribution in [0.2, 0.25) is 0 Å². The number of nitrogens with zero attached hydrogens (tertiary/aromatic N) is 2. The molecule has 1 atom stereocenters. The molecule has 11 heteroatoms. The van der Waals surface area contributed by atoms with Gasteiger partial charge in [0.15, 0.2) is 11.5 Å². The van der Waals surface area contributed by atoms with Gasteiger partial charge in [0.2, 0.25) is 5.91 Å². The van der Waals surface area contributed by atoms with Gasteiger partial charge in [0.05, 0.1) is 31.0 Å². The number of H-pyrrole nitrogens is 1. The van der Waals surface area contributed by atoms with Crippen LogP contribution in [0.3, 0.4) is 0 Å². The molecule has 0 saturated heterocycles. The summed E-state index contributed by atoms with van der Waals surface area (Å²) in [5, 5.41) is 7.08. The molecule has 2 aromatic heterocycles. The molecule has 1 aliphatic rings. The molecular formula is C23H29N5O5S. The number of hydrogen-bond acceptors (Lipinski definition) is 8. The Bertz CT molecular complexity index is 1300. The number of anilines is 2. The molecule has 10 nitrogen and oxygen atoms in total. The molecular weight excluding hydrogens is 458 g/mol. The predicted octanol–water partition coefficient (Wildman–Crippen LogP) is 2.37. The highest BCUT2D eigenvalue weighted by molar-refractivity contribution is 7.90. The summed E-state index contributed by atoms with van der Waals surface area (Å²) < 4.78 is 33.5. The van der Waals surface area contributed by atoms with E-state index in [4.69, 9.17) is 9.47 Å². The largest absolute Gasteiger partial charge is 0.493 e. The number of fused-ring (bicyclic) bond motifs is 3. The summed E-state index contributed by atoms with van der Waals surface area (Å²) >= 11 is 0. The standard InChI is InChI=1S/C23H29N5O5S/c1-32-18-7-4-6-17(20(18)33-2)28-22-19-15-12-14(23(29)24-10-5-11-34(3,30)31)8-9-16(15)27-21(19)25-13-26-22/h4,6-7,13-14H,5,8-12H2,1-3H3,(H,24,29)(H2,25,26,27,28). The maximum absolute atomic E-state index is 12.8. The normalized spacial score (nSPS) is 15.6. The van der Waals surface area contributed by atoms with E-state index >= 15 is 0 Å². The molecule has 34 heavy (non-hydrogen) atoms. The minimum Gasteiger partial charge on any atom is -0.493 e. The number of amides is 1. The lowest BCUT2D eigenvalue weighted by Gasteiger charge is -2.22. The lowest BCUT2D eigenvalue weighted by atomic mass is 9.86. The molecule has 0 radical (unpaired) electrons. The first-order valence-electron chi connectivity index (χ1n) is 11.1. The van der Waals surface area contributed by atoms with Crippen molar-refractivity contribution in [1.82, 2.24) is 20.3 Å². The molecule has 0 saturated carbocycles. The van der Waals surface area contributed by atoms with Gasteiger partial charge in [-0.15, -0.1) is 0 Å². The van der Waals surface area contributed by atoms with Crippen molar-refractivity contribution in [3.05, 3.63) is 35.8 Å². The fraction of sp³-hybridized carbons (Fsp3) is 0.435. The molecule has 0 aliphatic heterocycles. The highest BCUT2D eigenvalue weighted by Crippen LogP contribution is 2.39. The second-order valence-corrected chi connectivity index (χ2v) is 10.7. The number of sulfone groups is 1. The quantitative estimate of drug-likeness (QED) is 0.392. The van der Waals surface area contributed by atoms with Crippen molar-refractivity contribution in [2.45, 2.75) is 25.7 Å². The first-order chi connectivity index (χ1) is 16.3. The summed E-state index contributed by atoms with van der Waals surface area (Å²) in [4.78, 5) is 25.0. The zero-order valence-corrected chi connectivity index (χ0v) is 20.3. The fourth-order valence-corrected chi connectivity index (χ4v) is 5.03. The molecule has 4 rings (SSSR count). The Balaban J connectivity index is 1.57. The summed E-state index contributed by atoms with van der Waals surface area (Å²) in [5.74, 6) is 1.57. The molecule has 1 unspecified atom stereocenters. The topological polar surface area (TPSA) is 135 Å². The van der Waals surface area contributed by atoms with Crippen molar-refractivity contribution in [2.75, 3.05) is 38.1 Å². The number of nitrogens with one attached hydrogen (secondary N) is 3. The van der Waals surface area contributed by atoms with Gasteiger partial charge in [0.1, 0.15) is 27.6 Å². The van der Waals surface area contributed by atoms with Crippen LogP contribution in [-0.2, 0) is 27.5 Å². The Morgan fingerprint density at radius 2 is 2.06 bits per heavy atom. The number of aromatic nitrogens is 3. The van der Waals surface area contributed by atoms with Crippen LogP contribution in [-0.4, -0.2) is 62.0 Å². The lowest BCUT2D eigenvalue weighted by Crippen LogP contribution is -2.35. The molecule has 182 valence electrons. The summed E-state index contributed by atoms with van der Waals surface area (Å²) in [7, 11) is 0.125. The van der Waals surface area contributed by atoms with Crippen molar-refractivity contribution in [3.8, 4) is 11.5 Å². The van der Waals surface area contributed by atoms with E-state index in [1.165, 1.54) is 12.6 Å². The van der Waals surface area contributed by atoms with Crippen LogP contribution in [0, 0.1) is 5.92 Å². The molecule has 3 aromatic rings. The molecule has 1 aromatic carbocycles.